The number of hydrogen-bond acceptors (Lipinski definition) is 4. The largest absolute Gasteiger partial charge is 0.492 e. The molecule has 0 unspecified atom stereocenters. The number of benzene rings is 1. The smallest absolute Gasteiger partial charge is 0.335 e. The van der Waals surface area contributed by atoms with E-state index in [2.05, 4.69) is 15.9 Å². The highest BCUT2D eigenvalue weighted by atomic mass is 79.9. The fourth-order valence-corrected chi connectivity index (χ4v) is 2.56. The Morgan fingerprint density at radius 2 is 2.11 bits per heavy atom. The van der Waals surface area contributed by atoms with Crippen molar-refractivity contribution in [3.05, 3.63) is 28.2 Å². The van der Waals surface area contributed by atoms with Crippen LogP contribution in [0.5, 0.6) is 5.75 Å². The molecule has 7 heteroatoms. The molecule has 0 radical (unpaired) electrons. The zero-order valence-electron chi connectivity index (χ0n) is 10.4. The molecule has 0 spiro atoms. The van der Waals surface area contributed by atoms with Crippen LogP contribution in [0.25, 0.3) is 0 Å². The van der Waals surface area contributed by atoms with Gasteiger partial charge in [0, 0.05) is 5.75 Å². The van der Waals surface area contributed by atoms with E-state index in [1.54, 1.807) is 13.0 Å². The van der Waals surface area contributed by atoms with Gasteiger partial charge in [0.2, 0.25) is 0 Å². The number of hydrogen-bond donors (Lipinski definition) is 1. The predicted octanol–water partition coefficient (Wildman–Crippen LogP) is 2.35. The molecule has 0 fully saturated rings. The second kappa shape index (κ2) is 6.91. The van der Waals surface area contributed by atoms with Crippen LogP contribution in [-0.4, -0.2) is 37.6 Å². The highest BCUT2D eigenvalue weighted by molar-refractivity contribution is 9.10. The van der Waals surface area contributed by atoms with Crippen LogP contribution in [0.1, 0.15) is 23.7 Å². The predicted molar refractivity (Wildman–Crippen MR) is 75.5 cm³/mol. The van der Waals surface area contributed by atoms with Crippen LogP contribution in [0.4, 0.5) is 0 Å². The summed E-state index contributed by atoms with van der Waals surface area (Å²) in [6.45, 7) is 1.82. The van der Waals surface area contributed by atoms with Crippen LogP contribution in [0, 0.1) is 0 Å². The van der Waals surface area contributed by atoms with Gasteiger partial charge >= 0.3 is 5.97 Å². The number of ether oxygens (including phenoxy) is 1. The van der Waals surface area contributed by atoms with E-state index in [0.29, 0.717) is 16.6 Å². The van der Waals surface area contributed by atoms with Gasteiger partial charge < -0.3 is 9.84 Å². The van der Waals surface area contributed by atoms with Crippen molar-refractivity contribution in [1.29, 1.82) is 0 Å². The summed E-state index contributed by atoms with van der Waals surface area (Å²) >= 11 is 3.25. The Labute approximate surface area is 120 Å². The normalized spacial score (nSPS) is 11.3. The first kappa shape index (κ1) is 16.0. The fourth-order valence-electron chi connectivity index (χ4n) is 1.35. The Balaban J connectivity index is 2.58. The summed E-state index contributed by atoms with van der Waals surface area (Å²) in [4.78, 5) is 10.8. The minimum atomic E-state index is -2.99. The summed E-state index contributed by atoms with van der Waals surface area (Å²) in [7, 11) is -2.99. The molecule has 1 aromatic rings. The van der Waals surface area contributed by atoms with E-state index in [0.717, 1.165) is 0 Å². The Bertz CT molecular complexity index is 553. The van der Waals surface area contributed by atoms with Crippen molar-refractivity contribution in [1.82, 2.24) is 0 Å². The molecule has 1 rings (SSSR count). The van der Waals surface area contributed by atoms with Gasteiger partial charge in [-0.3, -0.25) is 0 Å². The van der Waals surface area contributed by atoms with E-state index in [1.807, 2.05) is 0 Å². The lowest BCUT2D eigenvalue weighted by Gasteiger charge is -2.09. The Hall–Kier alpha value is -1.08. The molecule has 0 aliphatic rings. The molecule has 5 nitrogen and oxygen atoms in total. The zero-order chi connectivity index (χ0) is 14.5. The lowest BCUT2D eigenvalue weighted by molar-refractivity contribution is 0.0696. The number of sulfone groups is 1. The van der Waals surface area contributed by atoms with Gasteiger partial charge in [-0.1, -0.05) is 6.92 Å². The third-order valence-electron chi connectivity index (χ3n) is 2.48. The first-order chi connectivity index (χ1) is 8.85. The third kappa shape index (κ3) is 5.20. The van der Waals surface area contributed by atoms with Crippen molar-refractivity contribution in [2.45, 2.75) is 13.3 Å². The van der Waals surface area contributed by atoms with Crippen molar-refractivity contribution in [2.75, 3.05) is 18.1 Å². The van der Waals surface area contributed by atoms with Gasteiger partial charge in [-0.25, -0.2) is 13.2 Å². The summed E-state index contributed by atoms with van der Waals surface area (Å²) in [6.07, 6.45) is 0.375. The molecule has 0 saturated heterocycles. The minimum Gasteiger partial charge on any atom is -0.492 e. The monoisotopic (exact) mass is 350 g/mol. The van der Waals surface area contributed by atoms with Crippen molar-refractivity contribution >= 4 is 31.7 Å². The van der Waals surface area contributed by atoms with E-state index in [-0.39, 0.29) is 23.7 Å². The zero-order valence-corrected chi connectivity index (χ0v) is 12.8. The average Bonchev–Trinajstić information content (AvgIpc) is 2.36. The molecule has 0 bridgehead atoms. The molecular weight excluding hydrogens is 336 g/mol. The van der Waals surface area contributed by atoms with Gasteiger partial charge in [0.05, 0.1) is 22.4 Å². The molecule has 0 saturated carbocycles. The minimum absolute atomic E-state index is 0.0692. The Morgan fingerprint density at radius 1 is 1.42 bits per heavy atom. The quantitative estimate of drug-likeness (QED) is 0.763. The molecule has 0 aromatic heterocycles. The third-order valence-corrected chi connectivity index (χ3v) is 4.92. The van der Waals surface area contributed by atoms with E-state index < -0.39 is 15.8 Å². The maximum Gasteiger partial charge on any atom is 0.335 e. The lowest BCUT2D eigenvalue weighted by atomic mass is 10.2. The van der Waals surface area contributed by atoms with Gasteiger partial charge in [-0.2, -0.15) is 0 Å². The van der Waals surface area contributed by atoms with Gasteiger partial charge in [-0.15, -0.1) is 0 Å². The summed E-state index contributed by atoms with van der Waals surface area (Å²) in [5.74, 6) is -0.454. The number of carbonyl (C=O) groups is 1. The number of halogens is 1. The first-order valence-electron chi connectivity index (χ1n) is 5.72. The average molecular weight is 351 g/mol. The Kier molecular flexibility index (Phi) is 5.81. The number of aromatic carboxylic acids is 1. The number of rotatable bonds is 7. The van der Waals surface area contributed by atoms with Gasteiger partial charge in [0.25, 0.3) is 0 Å². The van der Waals surface area contributed by atoms with Crippen molar-refractivity contribution in [3.8, 4) is 5.75 Å². The summed E-state index contributed by atoms with van der Waals surface area (Å²) in [6, 6.07) is 4.45. The van der Waals surface area contributed by atoms with Crippen LogP contribution in [-0.2, 0) is 9.84 Å². The van der Waals surface area contributed by atoms with Crippen molar-refractivity contribution in [2.24, 2.45) is 0 Å². The van der Waals surface area contributed by atoms with Crippen LogP contribution in [0.2, 0.25) is 0 Å². The van der Waals surface area contributed by atoms with Crippen molar-refractivity contribution < 1.29 is 23.1 Å². The van der Waals surface area contributed by atoms with E-state index in [1.165, 1.54) is 12.1 Å². The second-order valence-electron chi connectivity index (χ2n) is 3.89. The lowest BCUT2D eigenvalue weighted by Crippen LogP contribution is -2.12. The van der Waals surface area contributed by atoms with Gasteiger partial charge in [0.1, 0.15) is 15.6 Å². The summed E-state index contributed by atoms with van der Waals surface area (Å²) in [5, 5.41) is 8.86. The highest BCUT2D eigenvalue weighted by Crippen LogP contribution is 2.26. The molecule has 0 aliphatic carbocycles. The topological polar surface area (TPSA) is 80.7 Å². The summed E-state index contributed by atoms with van der Waals surface area (Å²) in [5.41, 5.74) is 0.124. The maximum atomic E-state index is 11.3. The molecule has 0 aliphatic heterocycles. The standard InChI is InChI=1S/C12H15BrO5S/c1-2-19(16,17)7-3-6-18-11-8-9(12(14)15)4-5-10(11)13/h4-5,8H,2-3,6-7H2,1H3,(H,14,15). The first-order valence-corrected chi connectivity index (χ1v) is 8.33. The molecule has 0 amide bonds. The molecule has 1 N–H and O–H groups in total. The molecule has 0 heterocycles. The SMILES string of the molecule is CCS(=O)(=O)CCCOc1cc(C(=O)O)ccc1Br. The molecule has 1 aromatic carbocycles. The molecule has 0 atom stereocenters. The van der Waals surface area contributed by atoms with E-state index in [9.17, 15) is 13.2 Å². The van der Waals surface area contributed by atoms with Crippen LogP contribution < -0.4 is 4.74 Å². The number of carboxylic acid groups (broad SMARTS) is 1. The van der Waals surface area contributed by atoms with E-state index >= 15 is 0 Å². The maximum absolute atomic E-state index is 11.3. The van der Waals surface area contributed by atoms with E-state index in [4.69, 9.17) is 9.84 Å². The van der Waals surface area contributed by atoms with Crippen LogP contribution in [0.3, 0.4) is 0 Å². The molecule has 106 valence electrons. The van der Waals surface area contributed by atoms with Gasteiger partial charge in [0.15, 0.2) is 0 Å². The van der Waals surface area contributed by atoms with Crippen LogP contribution >= 0.6 is 15.9 Å². The highest BCUT2D eigenvalue weighted by Gasteiger charge is 2.10. The Morgan fingerprint density at radius 3 is 2.68 bits per heavy atom. The fraction of sp³-hybridized carbons (Fsp3) is 0.417. The summed E-state index contributed by atoms with van der Waals surface area (Å²) < 4.78 is 28.6. The second-order valence-corrected chi connectivity index (χ2v) is 7.22. The number of carboxylic acids is 1. The molecule has 19 heavy (non-hydrogen) atoms. The van der Waals surface area contributed by atoms with Crippen molar-refractivity contribution in [3.63, 3.8) is 0 Å². The molecular formula is C12H15BrO5S. The van der Waals surface area contributed by atoms with Gasteiger partial charge in [-0.05, 0) is 40.5 Å². The van der Waals surface area contributed by atoms with Crippen LogP contribution in [0.15, 0.2) is 22.7 Å².